The number of benzene rings is 1. The van der Waals surface area contributed by atoms with Crippen LogP contribution in [0.5, 0.6) is 0 Å². The van der Waals surface area contributed by atoms with Crippen LogP contribution in [0.15, 0.2) is 23.6 Å². The predicted molar refractivity (Wildman–Crippen MR) is 63.6 cm³/mol. The molecule has 17 heavy (non-hydrogen) atoms. The standard InChI is InChI=1S/C13H10F2OS/c1-7-3-4-10(14)11(12(7)15)13(16)9-5-6-17-8(9)2/h3-6H,1-2H3. The Morgan fingerprint density at radius 1 is 1.18 bits per heavy atom. The van der Waals surface area contributed by atoms with Gasteiger partial charge in [-0.15, -0.1) is 11.3 Å². The summed E-state index contributed by atoms with van der Waals surface area (Å²) in [6, 6.07) is 4.03. The Balaban J connectivity index is 2.59. The Morgan fingerprint density at radius 3 is 2.47 bits per heavy atom. The van der Waals surface area contributed by atoms with Gasteiger partial charge in [0.25, 0.3) is 0 Å². The van der Waals surface area contributed by atoms with E-state index in [1.165, 1.54) is 24.3 Å². The number of carbonyl (C=O) groups is 1. The lowest BCUT2D eigenvalue weighted by molar-refractivity contribution is 0.103. The lowest BCUT2D eigenvalue weighted by Crippen LogP contribution is -2.08. The summed E-state index contributed by atoms with van der Waals surface area (Å²) >= 11 is 1.38. The summed E-state index contributed by atoms with van der Waals surface area (Å²) in [6.45, 7) is 3.26. The molecule has 0 saturated heterocycles. The van der Waals surface area contributed by atoms with Crippen LogP contribution in [-0.4, -0.2) is 5.78 Å². The first kappa shape index (κ1) is 11.9. The van der Waals surface area contributed by atoms with Crippen molar-refractivity contribution in [2.45, 2.75) is 13.8 Å². The molecule has 0 bridgehead atoms. The van der Waals surface area contributed by atoms with Gasteiger partial charge < -0.3 is 0 Å². The minimum absolute atomic E-state index is 0.266. The molecule has 0 atom stereocenters. The Morgan fingerprint density at radius 2 is 1.88 bits per heavy atom. The van der Waals surface area contributed by atoms with E-state index < -0.39 is 23.0 Å². The number of ketones is 1. The normalized spacial score (nSPS) is 10.6. The van der Waals surface area contributed by atoms with Crippen LogP contribution in [0.4, 0.5) is 8.78 Å². The molecule has 0 spiro atoms. The zero-order valence-corrected chi connectivity index (χ0v) is 10.2. The van der Waals surface area contributed by atoms with Crippen LogP contribution in [0.1, 0.15) is 26.4 Å². The molecule has 1 aromatic carbocycles. The second kappa shape index (κ2) is 4.37. The lowest BCUT2D eigenvalue weighted by Gasteiger charge is -2.06. The van der Waals surface area contributed by atoms with Crippen molar-refractivity contribution in [1.29, 1.82) is 0 Å². The third kappa shape index (κ3) is 2.00. The van der Waals surface area contributed by atoms with Gasteiger partial charge in [-0.25, -0.2) is 8.78 Å². The molecule has 0 amide bonds. The van der Waals surface area contributed by atoms with Crippen LogP contribution >= 0.6 is 11.3 Å². The summed E-state index contributed by atoms with van der Waals surface area (Å²) in [6.07, 6.45) is 0. The van der Waals surface area contributed by atoms with Gasteiger partial charge in [0, 0.05) is 10.4 Å². The fraction of sp³-hybridized carbons (Fsp3) is 0.154. The highest BCUT2D eigenvalue weighted by Crippen LogP contribution is 2.23. The van der Waals surface area contributed by atoms with E-state index >= 15 is 0 Å². The van der Waals surface area contributed by atoms with Gasteiger partial charge in [-0.1, -0.05) is 6.07 Å². The first-order valence-corrected chi connectivity index (χ1v) is 5.93. The molecule has 0 aliphatic carbocycles. The second-order valence-corrected chi connectivity index (χ2v) is 4.89. The number of hydrogen-bond acceptors (Lipinski definition) is 2. The summed E-state index contributed by atoms with van der Waals surface area (Å²) < 4.78 is 27.3. The minimum Gasteiger partial charge on any atom is -0.288 e. The molecule has 0 aliphatic heterocycles. The molecule has 1 aromatic heterocycles. The first-order valence-electron chi connectivity index (χ1n) is 5.05. The fourth-order valence-corrected chi connectivity index (χ4v) is 2.32. The highest BCUT2D eigenvalue weighted by Gasteiger charge is 2.22. The Kier molecular flexibility index (Phi) is 3.07. The van der Waals surface area contributed by atoms with Gasteiger partial charge in [-0.3, -0.25) is 4.79 Å². The summed E-state index contributed by atoms with van der Waals surface area (Å²) in [5, 5.41) is 1.73. The summed E-state index contributed by atoms with van der Waals surface area (Å²) in [4.78, 5) is 12.8. The SMILES string of the molecule is Cc1ccc(F)c(C(=O)c2ccsc2C)c1F. The second-order valence-electron chi connectivity index (χ2n) is 3.77. The largest absolute Gasteiger partial charge is 0.288 e. The van der Waals surface area contributed by atoms with Crippen molar-refractivity contribution in [2.24, 2.45) is 0 Å². The topological polar surface area (TPSA) is 17.1 Å². The Hall–Kier alpha value is -1.55. The highest BCUT2D eigenvalue weighted by molar-refractivity contribution is 7.10. The van der Waals surface area contributed by atoms with Gasteiger partial charge in [0.1, 0.15) is 11.6 Å². The number of aryl methyl sites for hydroxylation is 2. The number of halogens is 2. The highest BCUT2D eigenvalue weighted by atomic mass is 32.1. The van der Waals surface area contributed by atoms with E-state index in [1.807, 2.05) is 0 Å². The minimum atomic E-state index is -0.816. The number of rotatable bonds is 2. The monoisotopic (exact) mass is 252 g/mol. The van der Waals surface area contributed by atoms with Crippen LogP contribution in [0.2, 0.25) is 0 Å². The van der Waals surface area contributed by atoms with Gasteiger partial charge in [-0.05, 0) is 36.9 Å². The maximum atomic E-state index is 13.8. The molecular formula is C13H10F2OS. The first-order chi connectivity index (χ1) is 8.02. The molecular weight excluding hydrogens is 242 g/mol. The predicted octanol–water partition coefficient (Wildman–Crippen LogP) is 3.87. The molecule has 1 heterocycles. The third-order valence-corrected chi connectivity index (χ3v) is 3.46. The molecule has 0 saturated carbocycles. The summed E-state index contributed by atoms with van der Waals surface area (Å²) in [7, 11) is 0. The van der Waals surface area contributed by atoms with Crippen molar-refractivity contribution >= 4 is 17.1 Å². The number of carbonyl (C=O) groups excluding carboxylic acids is 1. The van der Waals surface area contributed by atoms with Crippen LogP contribution in [-0.2, 0) is 0 Å². The zero-order chi connectivity index (χ0) is 12.6. The Labute approximate surface area is 102 Å². The zero-order valence-electron chi connectivity index (χ0n) is 9.38. The van der Waals surface area contributed by atoms with Gasteiger partial charge in [0.05, 0.1) is 5.56 Å². The number of thiophene rings is 1. The Bertz CT molecular complexity index is 587. The van der Waals surface area contributed by atoms with Crippen molar-refractivity contribution in [1.82, 2.24) is 0 Å². The van der Waals surface area contributed by atoms with Gasteiger partial charge in [0.2, 0.25) is 0 Å². The molecule has 0 fully saturated rings. The van der Waals surface area contributed by atoms with E-state index in [2.05, 4.69) is 0 Å². The van der Waals surface area contributed by atoms with Crippen molar-refractivity contribution < 1.29 is 13.6 Å². The van der Waals surface area contributed by atoms with Crippen LogP contribution in [0.25, 0.3) is 0 Å². The maximum absolute atomic E-state index is 13.8. The maximum Gasteiger partial charge on any atom is 0.200 e. The molecule has 88 valence electrons. The molecule has 0 unspecified atom stereocenters. The number of hydrogen-bond donors (Lipinski definition) is 0. The van der Waals surface area contributed by atoms with Crippen LogP contribution < -0.4 is 0 Å². The summed E-state index contributed by atoms with van der Waals surface area (Å²) in [5.41, 5.74) is 0.160. The summed E-state index contributed by atoms with van der Waals surface area (Å²) in [5.74, 6) is -2.19. The van der Waals surface area contributed by atoms with E-state index in [0.29, 0.717) is 5.56 Å². The van der Waals surface area contributed by atoms with E-state index in [-0.39, 0.29) is 5.56 Å². The average Bonchev–Trinajstić information content (AvgIpc) is 2.70. The molecule has 1 nitrogen and oxygen atoms in total. The van der Waals surface area contributed by atoms with E-state index in [4.69, 9.17) is 0 Å². The smallest absolute Gasteiger partial charge is 0.200 e. The molecule has 0 radical (unpaired) electrons. The van der Waals surface area contributed by atoms with Crippen molar-refractivity contribution in [3.05, 3.63) is 56.8 Å². The molecule has 0 aliphatic rings. The van der Waals surface area contributed by atoms with Gasteiger partial charge >= 0.3 is 0 Å². The molecule has 4 heteroatoms. The molecule has 0 N–H and O–H groups in total. The average molecular weight is 252 g/mol. The third-order valence-electron chi connectivity index (χ3n) is 2.61. The van der Waals surface area contributed by atoms with Crippen molar-refractivity contribution in [2.75, 3.05) is 0 Å². The van der Waals surface area contributed by atoms with Crippen LogP contribution in [0, 0.1) is 25.5 Å². The van der Waals surface area contributed by atoms with E-state index in [1.54, 1.807) is 18.4 Å². The van der Waals surface area contributed by atoms with E-state index in [9.17, 15) is 13.6 Å². The van der Waals surface area contributed by atoms with Crippen molar-refractivity contribution in [3.8, 4) is 0 Å². The molecule has 2 rings (SSSR count). The van der Waals surface area contributed by atoms with Crippen molar-refractivity contribution in [3.63, 3.8) is 0 Å². The quantitative estimate of drug-likeness (QED) is 0.741. The molecule has 2 aromatic rings. The van der Waals surface area contributed by atoms with Crippen LogP contribution in [0.3, 0.4) is 0 Å². The lowest BCUT2D eigenvalue weighted by atomic mass is 10.0. The van der Waals surface area contributed by atoms with Gasteiger partial charge in [-0.2, -0.15) is 0 Å². The van der Waals surface area contributed by atoms with Gasteiger partial charge in [0.15, 0.2) is 5.78 Å². The fourth-order valence-electron chi connectivity index (χ4n) is 1.62. The van der Waals surface area contributed by atoms with E-state index in [0.717, 1.165) is 10.9 Å².